The van der Waals surface area contributed by atoms with Gasteiger partial charge in [0, 0.05) is 18.4 Å². The summed E-state index contributed by atoms with van der Waals surface area (Å²) in [4.78, 5) is 0. The zero-order chi connectivity index (χ0) is 14.2. The van der Waals surface area contributed by atoms with E-state index >= 15 is 0 Å². The first-order chi connectivity index (χ1) is 9.83. The van der Waals surface area contributed by atoms with E-state index in [0.29, 0.717) is 12.6 Å². The van der Waals surface area contributed by atoms with Gasteiger partial charge >= 0.3 is 0 Å². The van der Waals surface area contributed by atoms with Crippen molar-refractivity contribution < 1.29 is 4.74 Å². The molecule has 1 aromatic carbocycles. The van der Waals surface area contributed by atoms with Crippen LogP contribution in [0, 0.1) is 0 Å². The molecule has 4 nitrogen and oxygen atoms in total. The summed E-state index contributed by atoms with van der Waals surface area (Å²) in [5.74, 6) is 0.909. The van der Waals surface area contributed by atoms with E-state index in [1.165, 1.54) is 5.56 Å². The van der Waals surface area contributed by atoms with Crippen molar-refractivity contribution in [3.05, 3.63) is 48.3 Å². The molecule has 1 N–H and O–H groups in total. The highest BCUT2D eigenvalue weighted by Gasteiger charge is 2.07. The first-order valence-electron chi connectivity index (χ1n) is 7.27. The standard InChI is InChI=1S/C16H23N3O/c1-3-16(17-4-2)14-6-8-15(9-7-14)20-13-12-19-11-5-10-18-19/h5-11,16-17H,3-4,12-13H2,1-2H3. The molecule has 2 rings (SSSR count). The third kappa shape index (κ3) is 4.10. The van der Waals surface area contributed by atoms with Crippen LogP contribution < -0.4 is 10.1 Å². The maximum absolute atomic E-state index is 5.73. The van der Waals surface area contributed by atoms with E-state index < -0.39 is 0 Å². The number of rotatable bonds is 8. The number of nitrogens with zero attached hydrogens (tertiary/aromatic N) is 2. The molecule has 0 saturated carbocycles. The van der Waals surface area contributed by atoms with E-state index in [1.54, 1.807) is 6.20 Å². The molecule has 1 heterocycles. The van der Waals surface area contributed by atoms with Crippen molar-refractivity contribution in [2.45, 2.75) is 32.9 Å². The molecule has 0 fully saturated rings. The lowest BCUT2D eigenvalue weighted by molar-refractivity contribution is 0.291. The minimum Gasteiger partial charge on any atom is -0.492 e. The molecular weight excluding hydrogens is 250 g/mol. The van der Waals surface area contributed by atoms with Crippen LogP contribution in [0.3, 0.4) is 0 Å². The minimum absolute atomic E-state index is 0.429. The van der Waals surface area contributed by atoms with E-state index in [-0.39, 0.29) is 0 Å². The number of hydrogen-bond acceptors (Lipinski definition) is 3. The number of benzene rings is 1. The average molecular weight is 273 g/mol. The Morgan fingerprint density at radius 3 is 2.65 bits per heavy atom. The average Bonchev–Trinajstić information content (AvgIpc) is 2.99. The lowest BCUT2D eigenvalue weighted by atomic mass is 10.0. The molecule has 0 aliphatic carbocycles. The quantitative estimate of drug-likeness (QED) is 0.803. The van der Waals surface area contributed by atoms with Gasteiger partial charge in [-0.05, 0) is 36.7 Å². The molecule has 0 aliphatic heterocycles. The summed E-state index contributed by atoms with van der Waals surface area (Å²) < 4.78 is 7.59. The summed E-state index contributed by atoms with van der Waals surface area (Å²) >= 11 is 0. The zero-order valence-electron chi connectivity index (χ0n) is 12.2. The Morgan fingerprint density at radius 2 is 2.05 bits per heavy atom. The molecule has 0 amide bonds. The summed E-state index contributed by atoms with van der Waals surface area (Å²) in [5, 5.41) is 7.62. The molecule has 0 spiro atoms. The normalized spacial score (nSPS) is 12.3. The van der Waals surface area contributed by atoms with Crippen LogP contribution in [0.4, 0.5) is 0 Å². The van der Waals surface area contributed by atoms with Crippen LogP contribution in [0.2, 0.25) is 0 Å². The van der Waals surface area contributed by atoms with Crippen molar-refractivity contribution in [3.63, 3.8) is 0 Å². The van der Waals surface area contributed by atoms with Crippen LogP contribution in [0.5, 0.6) is 5.75 Å². The molecular formula is C16H23N3O. The Balaban J connectivity index is 1.84. The zero-order valence-corrected chi connectivity index (χ0v) is 12.2. The van der Waals surface area contributed by atoms with E-state index in [4.69, 9.17) is 4.74 Å². The topological polar surface area (TPSA) is 39.1 Å². The molecule has 0 aliphatic rings. The predicted molar refractivity (Wildman–Crippen MR) is 80.9 cm³/mol. The third-order valence-corrected chi connectivity index (χ3v) is 3.29. The second-order valence-corrected chi connectivity index (χ2v) is 4.71. The fraction of sp³-hybridized carbons (Fsp3) is 0.438. The fourth-order valence-electron chi connectivity index (χ4n) is 2.23. The lowest BCUT2D eigenvalue weighted by Crippen LogP contribution is -2.19. The van der Waals surface area contributed by atoms with Crippen LogP contribution in [-0.4, -0.2) is 22.9 Å². The number of ether oxygens (including phenoxy) is 1. The summed E-state index contributed by atoms with van der Waals surface area (Å²) in [6.07, 6.45) is 4.81. The molecule has 1 unspecified atom stereocenters. The van der Waals surface area contributed by atoms with Gasteiger partial charge in [-0.1, -0.05) is 26.0 Å². The van der Waals surface area contributed by atoms with Gasteiger partial charge < -0.3 is 10.1 Å². The number of nitrogens with one attached hydrogen (secondary N) is 1. The van der Waals surface area contributed by atoms with Gasteiger partial charge in [-0.2, -0.15) is 5.10 Å². The van der Waals surface area contributed by atoms with Crippen LogP contribution in [-0.2, 0) is 6.54 Å². The van der Waals surface area contributed by atoms with E-state index in [2.05, 4.69) is 36.4 Å². The Kier molecular flexibility index (Phi) is 5.62. The number of aromatic nitrogens is 2. The highest BCUT2D eigenvalue weighted by Crippen LogP contribution is 2.20. The fourth-order valence-corrected chi connectivity index (χ4v) is 2.23. The van der Waals surface area contributed by atoms with Crippen molar-refractivity contribution in [1.29, 1.82) is 0 Å². The van der Waals surface area contributed by atoms with Gasteiger partial charge in [-0.25, -0.2) is 0 Å². The first kappa shape index (κ1) is 14.6. The second kappa shape index (κ2) is 7.70. The van der Waals surface area contributed by atoms with Gasteiger partial charge in [-0.15, -0.1) is 0 Å². The van der Waals surface area contributed by atoms with Crippen LogP contribution in [0.15, 0.2) is 42.7 Å². The van der Waals surface area contributed by atoms with Crippen molar-refractivity contribution >= 4 is 0 Å². The van der Waals surface area contributed by atoms with Gasteiger partial charge in [-0.3, -0.25) is 4.68 Å². The molecule has 2 aromatic rings. The van der Waals surface area contributed by atoms with Crippen LogP contribution in [0.1, 0.15) is 31.9 Å². The van der Waals surface area contributed by atoms with Crippen molar-refractivity contribution in [1.82, 2.24) is 15.1 Å². The molecule has 108 valence electrons. The second-order valence-electron chi connectivity index (χ2n) is 4.71. The maximum atomic E-state index is 5.73. The molecule has 20 heavy (non-hydrogen) atoms. The summed E-state index contributed by atoms with van der Waals surface area (Å²) in [6, 6.07) is 10.7. The summed E-state index contributed by atoms with van der Waals surface area (Å²) in [6.45, 7) is 6.72. The molecule has 1 aromatic heterocycles. The molecule has 0 bridgehead atoms. The lowest BCUT2D eigenvalue weighted by Gasteiger charge is -2.16. The first-order valence-corrected chi connectivity index (χ1v) is 7.27. The maximum Gasteiger partial charge on any atom is 0.119 e. The van der Waals surface area contributed by atoms with Crippen molar-refractivity contribution in [3.8, 4) is 5.75 Å². The SMILES string of the molecule is CCNC(CC)c1ccc(OCCn2cccn2)cc1. The van der Waals surface area contributed by atoms with Crippen LogP contribution >= 0.6 is 0 Å². The van der Waals surface area contributed by atoms with E-state index in [9.17, 15) is 0 Å². The Hall–Kier alpha value is -1.81. The minimum atomic E-state index is 0.429. The summed E-state index contributed by atoms with van der Waals surface area (Å²) in [7, 11) is 0. The molecule has 0 saturated heterocycles. The van der Waals surface area contributed by atoms with Crippen molar-refractivity contribution in [2.75, 3.05) is 13.2 Å². The van der Waals surface area contributed by atoms with Gasteiger partial charge in [0.05, 0.1) is 6.54 Å². The van der Waals surface area contributed by atoms with Gasteiger partial charge in [0.15, 0.2) is 0 Å². The molecule has 0 radical (unpaired) electrons. The number of hydrogen-bond donors (Lipinski definition) is 1. The smallest absolute Gasteiger partial charge is 0.119 e. The third-order valence-electron chi connectivity index (χ3n) is 3.29. The van der Waals surface area contributed by atoms with E-state index in [0.717, 1.165) is 25.3 Å². The summed E-state index contributed by atoms with van der Waals surface area (Å²) in [5.41, 5.74) is 1.31. The van der Waals surface area contributed by atoms with Gasteiger partial charge in [0.1, 0.15) is 12.4 Å². The van der Waals surface area contributed by atoms with Crippen molar-refractivity contribution in [2.24, 2.45) is 0 Å². The Bertz CT molecular complexity index is 479. The van der Waals surface area contributed by atoms with E-state index in [1.807, 2.05) is 29.1 Å². The van der Waals surface area contributed by atoms with Crippen LogP contribution in [0.25, 0.3) is 0 Å². The van der Waals surface area contributed by atoms with Gasteiger partial charge in [0.2, 0.25) is 0 Å². The Morgan fingerprint density at radius 1 is 1.25 bits per heavy atom. The molecule has 4 heteroatoms. The Labute approximate surface area is 120 Å². The highest BCUT2D eigenvalue weighted by atomic mass is 16.5. The van der Waals surface area contributed by atoms with Gasteiger partial charge in [0.25, 0.3) is 0 Å². The predicted octanol–water partition coefficient (Wildman–Crippen LogP) is 3.02. The highest BCUT2D eigenvalue weighted by molar-refractivity contribution is 5.29. The molecule has 1 atom stereocenters. The monoisotopic (exact) mass is 273 g/mol. The largest absolute Gasteiger partial charge is 0.492 e.